The number of carbonyl (C=O) groups excluding carboxylic acids is 1. The number of rotatable bonds is 8. The molecule has 3 nitrogen and oxygen atoms in total. The second kappa shape index (κ2) is 12.7. The quantitative estimate of drug-likeness (QED) is 0.476. The molecule has 0 atom stereocenters. The van der Waals surface area contributed by atoms with Gasteiger partial charge in [0.15, 0.2) is 0 Å². The number of aldehydes is 1. The highest BCUT2D eigenvalue weighted by molar-refractivity contribution is 5.48. The van der Waals surface area contributed by atoms with Gasteiger partial charge in [0.05, 0.1) is 18.8 Å². The molecule has 0 N–H and O–H groups in total. The summed E-state index contributed by atoms with van der Waals surface area (Å²) >= 11 is 0. The smallest absolute Gasteiger partial charge is 0.119 e. The maximum Gasteiger partial charge on any atom is 0.119 e. The minimum atomic E-state index is -0.137. The molecular formula is C13H28O3. The third kappa shape index (κ3) is 16.0. The molecule has 0 unspecified atom stereocenters. The van der Waals surface area contributed by atoms with Crippen molar-refractivity contribution in [3.05, 3.63) is 0 Å². The fourth-order valence-corrected chi connectivity index (χ4v) is 1.08. The molecule has 98 valence electrons. The van der Waals surface area contributed by atoms with Gasteiger partial charge in [-0.3, -0.25) is 0 Å². The lowest BCUT2D eigenvalue weighted by Gasteiger charge is -2.24. The summed E-state index contributed by atoms with van der Waals surface area (Å²) in [7, 11) is 1.66. The van der Waals surface area contributed by atoms with E-state index in [1.165, 1.54) is 6.42 Å². The van der Waals surface area contributed by atoms with Gasteiger partial charge in [-0.15, -0.1) is 0 Å². The molecule has 0 amide bonds. The first-order valence-electron chi connectivity index (χ1n) is 6.10. The van der Waals surface area contributed by atoms with Crippen LogP contribution < -0.4 is 0 Å². The Morgan fingerprint density at radius 1 is 1.19 bits per heavy atom. The van der Waals surface area contributed by atoms with Crippen LogP contribution in [0.15, 0.2) is 0 Å². The monoisotopic (exact) mass is 232 g/mol. The van der Waals surface area contributed by atoms with Gasteiger partial charge < -0.3 is 14.3 Å². The van der Waals surface area contributed by atoms with E-state index in [2.05, 4.69) is 13.8 Å². The number of ether oxygens (including phenoxy) is 2. The molecule has 0 aromatic heterocycles. The molecule has 0 aromatic rings. The van der Waals surface area contributed by atoms with Gasteiger partial charge in [0.25, 0.3) is 0 Å². The predicted octanol–water partition coefficient (Wildman–Crippen LogP) is 3.21. The Balaban J connectivity index is 0. The highest BCUT2D eigenvalue weighted by atomic mass is 16.5. The second-order valence-electron chi connectivity index (χ2n) is 4.37. The van der Waals surface area contributed by atoms with Crippen molar-refractivity contribution in [2.24, 2.45) is 0 Å². The van der Waals surface area contributed by atoms with Crippen molar-refractivity contribution in [2.75, 3.05) is 20.3 Å². The van der Waals surface area contributed by atoms with Gasteiger partial charge in [-0.2, -0.15) is 0 Å². The molecule has 0 rings (SSSR count). The fraction of sp³-hybridized carbons (Fsp3) is 0.923. The van der Waals surface area contributed by atoms with E-state index in [1.807, 2.05) is 13.8 Å². The molecule has 0 bridgehead atoms. The average molecular weight is 232 g/mol. The predicted molar refractivity (Wildman–Crippen MR) is 67.8 cm³/mol. The van der Waals surface area contributed by atoms with E-state index in [0.29, 0.717) is 19.6 Å². The van der Waals surface area contributed by atoms with Gasteiger partial charge >= 0.3 is 0 Å². The van der Waals surface area contributed by atoms with Crippen LogP contribution in [-0.4, -0.2) is 32.2 Å². The van der Waals surface area contributed by atoms with E-state index in [9.17, 15) is 4.79 Å². The van der Waals surface area contributed by atoms with E-state index in [4.69, 9.17) is 9.47 Å². The average Bonchev–Trinajstić information content (AvgIpc) is 2.19. The molecule has 0 aromatic carbocycles. The molecule has 0 fully saturated rings. The summed E-state index contributed by atoms with van der Waals surface area (Å²) in [5.41, 5.74) is -0.137. The van der Waals surface area contributed by atoms with Crippen LogP contribution in [0.3, 0.4) is 0 Å². The first-order valence-corrected chi connectivity index (χ1v) is 6.10. The number of carbonyl (C=O) groups is 1. The minimum absolute atomic E-state index is 0.137. The van der Waals surface area contributed by atoms with Crippen molar-refractivity contribution in [1.82, 2.24) is 0 Å². The Kier molecular flexibility index (Phi) is 14.2. The van der Waals surface area contributed by atoms with Crippen LogP contribution in [0.4, 0.5) is 0 Å². The molecule has 0 aliphatic rings. The Morgan fingerprint density at radius 3 is 2.19 bits per heavy atom. The number of hydrogen-bond donors (Lipinski definition) is 0. The Bertz CT molecular complexity index is 144. The molecule has 0 heterocycles. The highest BCUT2D eigenvalue weighted by Gasteiger charge is 2.16. The summed E-state index contributed by atoms with van der Waals surface area (Å²) in [6, 6.07) is 0. The van der Waals surface area contributed by atoms with Crippen molar-refractivity contribution in [2.45, 2.75) is 59.0 Å². The van der Waals surface area contributed by atoms with Crippen LogP contribution in [0.1, 0.15) is 53.4 Å². The zero-order valence-corrected chi connectivity index (χ0v) is 11.5. The zero-order valence-electron chi connectivity index (χ0n) is 11.5. The lowest BCUT2D eigenvalue weighted by Crippen LogP contribution is -2.26. The Labute approximate surface area is 101 Å². The lowest BCUT2D eigenvalue weighted by molar-refractivity contribution is -0.108. The molecule has 0 saturated carbocycles. The minimum Gasteiger partial charge on any atom is -0.382 e. The summed E-state index contributed by atoms with van der Waals surface area (Å²) in [6.45, 7) is 9.56. The molecule has 0 spiro atoms. The Morgan fingerprint density at radius 2 is 1.75 bits per heavy atom. The number of hydrogen-bond acceptors (Lipinski definition) is 3. The molecule has 16 heavy (non-hydrogen) atoms. The summed E-state index contributed by atoms with van der Waals surface area (Å²) in [6.07, 6.45) is 4.63. The van der Waals surface area contributed by atoms with Crippen LogP contribution in [0.25, 0.3) is 0 Å². The van der Waals surface area contributed by atoms with Crippen LogP contribution in [0.5, 0.6) is 0 Å². The number of unbranched alkanes of at least 4 members (excludes halogenated alkanes) is 1. The molecule has 0 saturated heterocycles. The Hall–Kier alpha value is -0.410. The number of methoxy groups -OCH3 is 1. The molecular weight excluding hydrogens is 204 g/mol. The van der Waals surface area contributed by atoms with Gasteiger partial charge in [0.2, 0.25) is 0 Å². The van der Waals surface area contributed by atoms with Gasteiger partial charge in [-0.25, -0.2) is 0 Å². The maximum absolute atomic E-state index is 10.1. The van der Waals surface area contributed by atoms with Crippen LogP contribution >= 0.6 is 0 Å². The zero-order chi connectivity index (χ0) is 12.9. The van der Waals surface area contributed by atoms with Crippen molar-refractivity contribution in [3.63, 3.8) is 0 Å². The van der Waals surface area contributed by atoms with Crippen LogP contribution in [0.2, 0.25) is 0 Å². The first kappa shape index (κ1) is 18.0. The van der Waals surface area contributed by atoms with Crippen molar-refractivity contribution in [3.8, 4) is 0 Å². The molecule has 0 aliphatic carbocycles. The second-order valence-corrected chi connectivity index (χ2v) is 4.37. The summed E-state index contributed by atoms with van der Waals surface area (Å²) in [4.78, 5) is 10.1. The summed E-state index contributed by atoms with van der Waals surface area (Å²) < 4.78 is 10.5. The standard InChI is InChI=1S/C10H20O3.C3H8/c1-10(2,6-4-5-7-11)13-9-8-12-3;1-3-2/h7H,4-6,8-9H2,1-3H3;3H2,1-2H3. The molecule has 0 aliphatic heterocycles. The third-order valence-electron chi connectivity index (χ3n) is 1.88. The van der Waals surface area contributed by atoms with Gasteiger partial charge in [0, 0.05) is 13.5 Å². The first-order chi connectivity index (χ1) is 7.54. The fourth-order valence-electron chi connectivity index (χ4n) is 1.08. The molecule has 3 heteroatoms. The maximum atomic E-state index is 10.1. The summed E-state index contributed by atoms with van der Waals surface area (Å²) in [5, 5.41) is 0. The topological polar surface area (TPSA) is 35.5 Å². The molecule has 0 radical (unpaired) electrons. The van der Waals surface area contributed by atoms with Crippen LogP contribution in [-0.2, 0) is 14.3 Å². The van der Waals surface area contributed by atoms with Crippen LogP contribution in [0, 0.1) is 0 Å². The summed E-state index contributed by atoms with van der Waals surface area (Å²) in [5.74, 6) is 0. The van der Waals surface area contributed by atoms with Crippen molar-refractivity contribution in [1.29, 1.82) is 0 Å². The van der Waals surface area contributed by atoms with E-state index in [0.717, 1.165) is 19.1 Å². The van der Waals surface area contributed by atoms with Gasteiger partial charge in [-0.05, 0) is 26.7 Å². The van der Waals surface area contributed by atoms with E-state index < -0.39 is 0 Å². The van der Waals surface area contributed by atoms with Crippen molar-refractivity contribution < 1.29 is 14.3 Å². The van der Waals surface area contributed by atoms with Gasteiger partial charge in [0.1, 0.15) is 6.29 Å². The van der Waals surface area contributed by atoms with E-state index >= 15 is 0 Å². The largest absolute Gasteiger partial charge is 0.382 e. The van der Waals surface area contributed by atoms with Crippen molar-refractivity contribution >= 4 is 6.29 Å². The van der Waals surface area contributed by atoms with E-state index in [1.54, 1.807) is 7.11 Å². The SMILES string of the molecule is CCC.COCCOC(C)(C)CCCC=O. The van der Waals surface area contributed by atoms with E-state index in [-0.39, 0.29) is 5.60 Å². The van der Waals surface area contributed by atoms with Gasteiger partial charge in [-0.1, -0.05) is 20.3 Å². The lowest BCUT2D eigenvalue weighted by atomic mass is 10.0. The highest BCUT2D eigenvalue weighted by Crippen LogP contribution is 2.17. The third-order valence-corrected chi connectivity index (χ3v) is 1.88. The normalized spacial score (nSPS) is 10.6.